The molecule has 0 aromatic heterocycles. The zero-order chi connectivity index (χ0) is 13.1. The highest BCUT2D eigenvalue weighted by atomic mass is 79.9. The first-order chi connectivity index (χ1) is 8.56. The second kappa shape index (κ2) is 5.42. The molecule has 0 atom stereocenters. The number of nitrogen functional groups attached to an aromatic ring is 1. The van der Waals surface area contributed by atoms with Crippen molar-refractivity contribution in [3.63, 3.8) is 0 Å². The van der Waals surface area contributed by atoms with Gasteiger partial charge in [-0.15, -0.1) is 0 Å². The molecule has 0 aliphatic carbocycles. The third-order valence-corrected chi connectivity index (χ3v) is 3.15. The molecule has 2 rings (SSSR count). The number of nitrogens with one attached hydrogen (secondary N) is 1. The van der Waals surface area contributed by atoms with Crippen LogP contribution in [0, 0.1) is 0 Å². The Morgan fingerprint density at radius 1 is 1.22 bits per heavy atom. The molecule has 0 fully saturated rings. The van der Waals surface area contributed by atoms with Crippen LogP contribution in [-0.2, 0) is 0 Å². The molecule has 0 aliphatic heterocycles. The summed E-state index contributed by atoms with van der Waals surface area (Å²) in [6, 6.07) is 12.0. The van der Waals surface area contributed by atoms with E-state index in [0.717, 1.165) is 4.47 Å². The molecule has 3 N–H and O–H groups in total. The molecule has 5 heteroatoms. The SMILES string of the molecule is Nc1ccc(Cl)c(NC(=O)c2cccc(Br)c2)c1. The van der Waals surface area contributed by atoms with E-state index in [1.165, 1.54) is 0 Å². The maximum Gasteiger partial charge on any atom is 0.255 e. The molecule has 2 aromatic rings. The van der Waals surface area contributed by atoms with Gasteiger partial charge in [0, 0.05) is 15.7 Å². The van der Waals surface area contributed by atoms with Crippen molar-refractivity contribution in [3.8, 4) is 0 Å². The van der Waals surface area contributed by atoms with Gasteiger partial charge in [-0.3, -0.25) is 4.79 Å². The van der Waals surface area contributed by atoms with Crippen LogP contribution in [0.1, 0.15) is 10.4 Å². The summed E-state index contributed by atoms with van der Waals surface area (Å²) in [7, 11) is 0. The van der Waals surface area contributed by atoms with Crippen molar-refractivity contribution in [1.29, 1.82) is 0 Å². The lowest BCUT2D eigenvalue weighted by molar-refractivity contribution is 0.102. The normalized spacial score (nSPS) is 10.1. The summed E-state index contributed by atoms with van der Waals surface area (Å²) in [4.78, 5) is 12.0. The number of benzene rings is 2. The summed E-state index contributed by atoms with van der Waals surface area (Å²) >= 11 is 9.30. The molecule has 3 nitrogen and oxygen atoms in total. The van der Waals surface area contributed by atoms with Crippen LogP contribution in [0.15, 0.2) is 46.9 Å². The molecule has 0 aliphatic rings. The Kier molecular flexibility index (Phi) is 3.89. The van der Waals surface area contributed by atoms with Crippen LogP contribution in [0.25, 0.3) is 0 Å². The summed E-state index contributed by atoms with van der Waals surface area (Å²) in [6.45, 7) is 0. The Morgan fingerprint density at radius 3 is 2.72 bits per heavy atom. The highest BCUT2D eigenvalue weighted by molar-refractivity contribution is 9.10. The number of nitrogens with two attached hydrogens (primary N) is 1. The highest BCUT2D eigenvalue weighted by Crippen LogP contribution is 2.24. The van der Waals surface area contributed by atoms with Crippen LogP contribution < -0.4 is 11.1 Å². The summed E-state index contributed by atoms with van der Waals surface area (Å²) in [6.07, 6.45) is 0. The van der Waals surface area contributed by atoms with Crippen LogP contribution in [-0.4, -0.2) is 5.91 Å². The van der Waals surface area contributed by atoms with Crippen molar-refractivity contribution in [1.82, 2.24) is 0 Å². The van der Waals surface area contributed by atoms with Gasteiger partial charge in [-0.1, -0.05) is 33.6 Å². The lowest BCUT2D eigenvalue weighted by atomic mass is 10.2. The van der Waals surface area contributed by atoms with Crippen molar-refractivity contribution in [3.05, 3.63) is 57.5 Å². The molecule has 18 heavy (non-hydrogen) atoms. The second-order valence-corrected chi connectivity index (χ2v) is 5.03. The quantitative estimate of drug-likeness (QED) is 0.822. The molecule has 0 bridgehead atoms. The van der Waals surface area contributed by atoms with Gasteiger partial charge in [0.15, 0.2) is 0 Å². The van der Waals surface area contributed by atoms with Gasteiger partial charge in [-0.25, -0.2) is 0 Å². The molecule has 0 radical (unpaired) electrons. The predicted molar refractivity (Wildman–Crippen MR) is 78.0 cm³/mol. The molecule has 0 spiro atoms. The second-order valence-electron chi connectivity index (χ2n) is 3.70. The summed E-state index contributed by atoms with van der Waals surface area (Å²) < 4.78 is 0.842. The third-order valence-electron chi connectivity index (χ3n) is 2.33. The monoisotopic (exact) mass is 324 g/mol. The number of rotatable bonds is 2. The topological polar surface area (TPSA) is 55.1 Å². The largest absolute Gasteiger partial charge is 0.399 e. The van der Waals surface area contributed by atoms with E-state index in [2.05, 4.69) is 21.2 Å². The molecule has 1 amide bonds. The summed E-state index contributed by atoms with van der Waals surface area (Å²) in [5, 5.41) is 3.17. The molecule has 0 saturated heterocycles. The molecule has 92 valence electrons. The van der Waals surface area contributed by atoms with E-state index >= 15 is 0 Å². The average Bonchev–Trinajstić information content (AvgIpc) is 2.34. The number of hydrogen-bond acceptors (Lipinski definition) is 2. The number of anilines is 2. The van der Waals surface area contributed by atoms with E-state index in [4.69, 9.17) is 17.3 Å². The van der Waals surface area contributed by atoms with Gasteiger partial charge in [-0.05, 0) is 36.4 Å². The first kappa shape index (κ1) is 12.9. The Labute approximate surface area is 118 Å². The van der Waals surface area contributed by atoms with E-state index in [-0.39, 0.29) is 5.91 Å². The number of halogens is 2. The maximum atomic E-state index is 12.0. The Morgan fingerprint density at radius 2 is 2.00 bits per heavy atom. The van der Waals surface area contributed by atoms with E-state index in [1.807, 2.05) is 6.07 Å². The predicted octanol–water partition coefficient (Wildman–Crippen LogP) is 3.94. The lowest BCUT2D eigenvalue weighted by Gasteiger charge is -2.08. The highest BCUT2D eigenvalue weighted by Gasteiger charge is 2.08. The average molecular weight is 326 g/mol. The molecule has 0 saturated carbocycles. The van der Waals surface area contributed by atoms with Crippen molar-refractivity contribution >= 4 is 44.8 Å². The van der Waals surface area contributed by atoms with Crippen molar-refractivity contribution in [2.75, 3.05) is 11.1 Å². The molecular formula is C13H10BrClN2O. The molecular weight excluding hydrogens is 316 g/mol. The fourth-order valence-electron chi connectivity index (χ4n) is 1.46. The fourth-order valence-corrected chi connectivity index (χ4v) is 2.03. The maximum absolute atomic E-state index is 12.0. The van der Waals surface area contributed by atoms with E-state index in [9.17, 15) is 4.79 Å². The summed E-state index contributed by atoms with van der Waals surface area (Å²) in [5.74, 6) is -0.233. The van der Waals surface area contributed by atoms with Crippen LogP contribution >= 0.6 is 27.5 Å². The first-order valence-corrected chi connectivity index (χ1v) is 6.35. The van der Waals surface area contributed by atoms with Gasteiger partial charge >= 0.3 is 0 Å². The fraction of sp³-hybridized carbons (Fsp3) is 0. The van der Waals surface area contributed by atoms with Gasteiger partial charge in [0.25, 0.3) is 5.91 Å². The van der Waals surface area contributed by atoms with Crippen LogP contribution in [0.2, 0.25) is 5.02 Å². The van der Waals surface area contributed by atoms with Crippen LogP contribution in [0.3, 0.4) is 0 Å². The molecule has 2 aromatic carbocycles. The van der Waals surface area contributed by atoms with Crippen LogP contribution in [0.4, 0.5) is 11.4 Å². The standard InChI is InChI=1S/C13H10BrClN2O/c14-9-3-1-2-8(6-9)13(18)17-12-7-10(16)4-5-11(12)15/h1-7H,16H2,(H,17,18). The van der Waals surface area contributed by atoms with Crippen molar-refractivity contribution in [2.24, 2.45) is 0 Å². The summed E-state index contributed by atoms with van der Waals surface area (Å²) in [5.41, 5.74) is 7.24. The van der Waals surface area contributed by atoms with Gasteiger partial charge in [-0.2, -0.15) is 0 Å². The number of carbonyl (C=O) groups is 1. The van der Waals surface area contributed by atoms with Crippen LogP contribution in [0.5, 0.6) is 0 Å². The lowest BCUT2D eigenvalue weighted by Crippen LogP contribution is -2.12. The van der Waals surface area contributed by atoms with Gasteiger partial charge < -0.3 is 11.1 Å². The minimum Gasteiger partial charge on any atom is -0.399 e. The van der Waals surface area contributed by atoms with Crippen molar-refractivity contribution < 1.29 is 4.79 Å². The van der Waals surface area contributed by atoms with Crippen molar-refractivity contribution in [2.45, 2.75) is 0 Å². The minimum absolute atomic E-state index is 0.233. The van der Waals surface area contributed by atoms with E-state index in [0.29, 0.717) is 22.0 Å². The van der Waals surface area contributed by atoms with Gasteiger partial charge in [0.1, 0.15) is 0 Å². The van der Waals surface area contributed by atoms with Gasteiger partial charge in [0.2, 0.25) is 0 Å². The number of amides is 1. The minimum atomic E-state index is -0.233. The first-order valence-electron chi connectivity index (χ1n) is 5.18. The Balaban J connectivity index is 2.24. The molecule has 0 heterocycles. The van der Waals surface area contributed by atoms with E-state index in [1.54, 1.807) is 36.4 Å². The third kappa shape index (κ3) is 3.03. The Hall–Kier alpha value is -1.52. The zero-order valence-corrected chi connectivity index (χ0v) is 11.6. The number of hydrogen-bond donors (Lipinski definition) is 2. The number of carbonyl (C=O) groups excluding carboxylic acids is 1. The smallest absolute Gasteiger partial charge is 0.255 e. The molecule has 0 unspecified atom stereocenters. The van der Waals surface area contributed by atoms with Gasteiger partial charge in [0.05, 0.1) is 10.7 Å². The van der Waals surface area contributed by atoms with E-state index < -0.39 is 0 Å². The zero-order valence-electron chi connectivity index (χ0n) is 9.28. The Bertz CT molecular complexity index is 601.